The molecule has 1 aromatic heterocycles. The molecule has 2 aromatic carbocycles. The summed E-state index contributed by atoms with van der Waals surface area (Å²) in [5, 5.41) is 3.09. The smallest absolute Gasteiger partial charge is 0.132 e. The van der Waals surface area contributed by atoms with Crippen molar-refractivity contribution in [3.8, 4) is 33.6 Å². The highest BCUT2D eigenvalue weighted by Gasteiger charge is 2.29. The van der Waals surface area contributed by atoms with Gasteiger partial charge in [0.05, 0.1) is 39.7 Å². The molecule has 1 saturated heterocycles. The molecule has 1 fully saturated rings. The van der Waals surface area contributed by atoms with Crippen LogP contribution in [0.25, 0.3) is 10.6 Å². The Hall–Kier alpha value is -2.77. The molecular formula is C24H28N2O4S. The summed E-state index contributed by atoms with van der Waals surface area (Å²) in [6.45, 7) is 1.84. The molecular weight excluding hydrogens is 412 g/mol. The molecule has 1 atom stereocenters. The van der Waals surface area contributed by atoms with E-state index in [1.165, 1.54) is 5.56 Å². The van der Waals surface area contributed by atoms with Crippen LogP contribution in [0, 0.1) is 0 Å². The molecule has 1 aliphatic heterocycles. The van der Waals surface area contributed by atoms with E-state index in [-0.39, 0.29) is 0 Å². The number of hydrogen-bond donors (Lipinski definition) is 0. The van der Waals surface area contributed by atoms with E-state index in [0.717, 1.165) is 65.2 Å². The molecule has 0 aliphatic carbocycles. The van der Waals surface area contributed by atoms with E-state index in [1.54, 1.807) is 39.8 Å². The third-order valence-electron chi connectivity index (χ3n) is 5.72. The van der Waals surface area contributed by atoms with Crippen molar-refractivity contribution < 1.29 is 18.9 Å². The van der Waals surface area contributed by atoms with E-state index >= 15 is 0 Å². The van der Waals surface area contributed by atoms with Gasteiger partial charge in [-0.3, -0.25) is 4.90 Å². The van der Waals surface area contributed by atoms with Gasteiger partial charge in [-0.25, -0.2) is 4.98 Å². The summed E-state index contributed by atoms with van der Waals surface area (Å²) in [4.78, 5) is 7.39. The molecule has 3 aromatic rings. The molecule has 164 valence electrons. The summed E-state index contributed by atoms with van der Waals surface area (Å²) >= 11 is 1.64. The maximum absolute atomic E-state index is 5.66. The van der Waals surface area contributed by atoms with Crippen LogP contribution < -0.4 is 18.9 Å². The van der Waals surface area contributed by atoms with Crippen molar-refractivity contribution in [2.24, 2.45) is 0 Å². The number of thiazole rings is 1. The van der Waals surface area contributed by atoms with Gasteiger partial charge in [0.2, 0.25) is 0 Å². The molecule has 0 spiro atoms. The van der Waals surface area contributed by atoms with Crippen molar-refractivity contribution in [2.45, 2.75) is 25.4 Å². The van der Waals surface area contributed by atoms with Crippen LogP contribution in [0.3, 0.4) is 0 Å². The Morgan fingerprint density at radius 2 is 1.65 bits per heavy atom. The van der Waals surface area contributed by atoms with Crippen LogP contribution in [0.4, 0.5) is 0 Å². The normalized spacial score (nSPS) is 16.3. The van der Waals surface area contributed by atoms with E-state index in [1.807, 2.05) is 30.3 Å². The van der Waals surface area contributed by atoms with Crippen LogP contribution in [-0.2, 0) is 6.54 Å². The lowest BCUT2D eigenvalue weighted by molar-refractivity contribution is 0.240. The van der Waals surface area contributed by atoms with Gasteiger partial charge in [0.1, 0.15) is 28.0 Å². The highest BCUT2D eigenvalue weighted by atomic mass is 32.1. The molecule has 1 aliphatic rings. The highest BCUT2D eigenvalue weighted by molar-refractivity contribution is 7.13. The van der Waals surface area contributed by atoms with Gasteiger partial charge in [-0.05, 0) is 37.6 Å². The lowest BCUT2D eigenvalue weighted by atomic mass is 10.0. The van der Waals surface area contributed by atoms with Gasteiger partial charge in [0, 0.05) is 35.7 Å². The molecule has 4 rings (SSSR count). The topological polar surface area (TPSA) is 53.1 Å². The lowest BCUT2D eigenvalue weighted by Gasteiger charge is -2.25. The number of aromatic nitrogens is 1. The standard InChI is InChI=1S/C24H28N2O4S/c1-27-17-7-9-19(22(12-17)29-3)21-6-5-11-26(21)14-16-15-31-24(25-16)20-10-8-18(28-2)13-23(20)30-4/h7-10,12-13,15,21H,5-6,11,14H2,1-4H3/t21-/m1/s1. The number of nitrogens with zero attached hydrogens (tertiary/aromatic N) is 2. The van der Waals surface area contributed by atoms with Crippen LogP contribution >= 0.6 is 11.3 Å². The number of likely N-dealkylation sites (tertiary alicyclic amines) is 1. The van der Waals surface area contributed by atoms with Crippen molar-refractivity contribution in [3.05, 3.63) is 53.0 Å². The zero-order valence-corrected chi connectivity index (χ0v) is 19.2. The third-order valence-corrected chi connectivity index (χ3v) is 6.64. The van der Waals surface area contributed by atoms with Crippen molar-refractivity contribution in [2.75, 3.05) is 35.0 Å². The molecule has 0 N–H and O–H groups in total. The lowest BCUT2D eigenvalue weighted by Crippen LogP contribution is -2.23. The molecule has 0 amide bonds. The first-order valence-corrected chi connectivity index (χ1v) is 11.2. The molecule has 2 heterocycles. The average molecular weight is 441 g/mol. The fourth-order valence-corrected chi connectivity index (χ4v) is 4.99. The molecule has 0 saturated carbocycles. The summed E-state index contributed by atoms with van der Waals surface area (Å²) in [5.41, 5.74) is 3.25. The molecule has 6 nitrogen and oxygen atoms in total. The summed E-state index contributed by atoms with van der Waals surface area (Å²) in [5.74, 6) is 3.22. The SMILES string of the molecule is COc1ccc(-c2nc(CN3CCC[C@@H]3c3ccc(OC)cc3OC)cs2)c(OC)c1. The molecule has 7 heteroatoms. The van der Waals surface area contributed by atoms with Gasteiger partial charge in [0.25, 0.3) is 0 Å². The minimum absolute atomic E-state index is 0.307. The zero-order valence-electron chi connectivity index (χ0n) is 18.4. The Bertz CT molecular complexity index is 1040. The molecule has 0 radical (unpaired) electrons. The minimum Gasteiger partial charge on any atom is -0.497 e. The van der Waals surface area contributed by atoms with Gasteiger partial charge in [0.15, 0.2) is 0 Å². The first kappa shape index (κ1) is 21.5. The van der Waals surface area contributed by atoms with Crippen LogP contribution in [0.5, 0.6) is 23.0 Å². The Morgan fingerprint density at radius 1 is 0.935 bits per heavy atom. The van der Waals surface area contributed by atoms with Gasteiger partial charge >= 0.3 is 0 Å². The second-order valence-corrected chi connectivity index (χ2v) is 8.30. The van der Waals surface area contributed by atoms with Crippen LogP contribution in [-0.4, -0.2) is 44.9 Å². The fraction of sp³-hybridized carbons (Fsp3) is 0.375. The summed E-state index contributed by atoms with van der Waals surface area (Å²) in [6.07, 6.45) is 2.26. The van der Waals surface area contributed by atoms with Crippen molar-refractivity contribution in [3.63, 3.8) is 0 Å². The number of rotatable bonds is 8. The second-order valence-electron chi connectivity index (χ2n) is 7.45. The van der Waals surface area contributed by atoms with Crippen LogP contribution in [0.15, 0.2) is 41.8 Å². The zero-order chi connectivity index (χ0) is 21.8. The predicted molar refractivity (Wildman–Crippen MR) is 123 cm³/mol. The highest BCUT2D eigenvalue weighted by Crippen LogP contribution is 2.40. The van der Waals surface area contributed by atoms with Gasteiger partial charge in [-0.2, -0.15) is 0 Å². The molecule has 0 bridgehead atoms. The largest absolute Gasteiger partial charge is 0.497 e. The number of ether oxygens (including phenoxy) is 4. The fourth-order valence-electron chi connectivity index (χ4n) is 4.15. The maximum Gasteiger partial charge on any atom is 0.132 e. The molecule has 0 unspecified atom stereocenters. The Kier molecular flexibility index (Phi) is 6.63. The Morgan fingerprint density at radius 3 is 2.35 bits per heavy atom. The monoisotopic (exact) mass is 440 g/mol. The van der Waals surface area contributed by atoms with Gasteiger partial charge in [-0.15, -0.1) is 11.3 Å². The number of methoxy groups -OCH3 is 4. The minimum atomic E-state index is 0.307. The van der Waals surface area contributed by atoms with Gasteiger partial charge < -0.3 is 18.9 Å². The predicted octanol–water partition coefficient (Wildman–Crippen LogP) is 5.18. The maximum atomic E-state index is 5.66. The van der Waals surface area contributed by atoms with E-state index in [9.17, 15) is 0 Å². The first-order chi connectivity index (χ1) is 15.2. The Labute approximate surface area is 187 Å². The van der Waals surface area contributed by atoms with E-state index in [4.69, 9.17) is 23.9 Å². The van der Waals surface area contributed by atoms with Crippen LogP contribution in [0.1, 0.15) is 30.1 Å². The van der Waals surface area contributed by atoms with Gasteiger partial charge in [-0.1, -0.05) is 6.07 Å². The second kappa shape index (κ2) is 9.58. The Balaban J connectivity index is 1.55. The van der Waals surface area contributed by atoms with Crippen molar-refractivity contribution in [1.29, 1.82) is 0 Å². The van der Waals surface area contributed by atoms with E-state index in [0.29, 0.717) is 6.04 Å². The van der Waals surface area contributed by atoms with Crippen molar-refractivity contribution in [1.82, 2.24) is 9.88 Å². The number of benzene rings is 2. The first-order valence-electron chi connectivity index (χ1n) is 10.3. The third kappa shape index (κ3) is 4.48. The molecule has 31 heavy (non-hydrogen) atoms. The van der Waals surface area contributed by atoms with Crippen LogP contribution in [0.2, 0.25) is 0 Å². The van der Waals surface area contributed by atoms with E-state index in [2.05, 4.69) is 16.3 Å². The van der Waals surface area contributed by atoms with Crippen molar-refractivity contribution >= 4 is 11.3 Å². The van der Waals surface area contributed by atoms with E-state index < -0.39 is 0 Å². The summed E-state index contributed by atoms with van der Waals surface area (Å²) < 4.78 is 21.9. The average Bonchev–Trinajstić information content (AvgIpc) is 3.48. The summed E-state index contributed by atoms with van der Waals surface area (Å²) in [7, 11) is 6.71. The quantitative estimate of drug-likeness (QED) is 0.481. The number of hydrogen-bond acceptors (Lipinski definition) is 7. The summed E-state index contributed by atoms with van der Waals surface area (Å²) in [6, 6.07) is 12.2.